The van der Waals surface area contributed by atoms with Crippen LogP contribution in [-0.4, -0.2) is 17.9 Å². The molecule has 2 aromatic carbocycles. The second-order valence-corrected chi connectivity index (χ2v) is 5.96. The van der Waals surface area contributed by atoms with Gasteiger partial charge < -0.3 is 5.32 Å². The number of carbonyl (C=O) groups excluding carboxylic acids is 2. The van der Waals surface area contributed by atoms with Gasteiger partial charge in [-0.1, -0.05) is 35.9 Å². The molecule has 0 radical (unpaired) electrons. The van der Waals surface area contributed by atoms with E-state index in [-0.39, 0.29) is 11.8 Å². The highest BCUT2D eigenvalue weighted by atomic mass is 16.2. The average molecular weight is 308 g/mol. The van der Waals surface area contributed by atoms with E-state index in [0.29, 0.717) is 12.8 Å². The normalized spacial score (nSPS) is 17.4. The third-order valence-electron chi connectivity index (χ3n) is 4.19. The van der Waals surface area contributed by atoms with Crippen molar-refractivity contribution in [2.75, 3.05) is 10.2 Å². The van der Waals surface area contributed by atoms with Gasteiger partial charge >= 0.3 is 0 Å². The first-order chi connectivity index (χ1) is 11.1. The molecule has 23 heavy (non-hydrogen) atoms. The Kier molecular flexibility index (Phi) is 4.15. The van der Waals surface area contributed by atoms with Crippen LogP contribution in [-0.2, 0) is 9.59 Å². The predicted molar refractivity (Wildman–Crippen MR) is 91.5 cm³/mol. The van der Waals surface area contributed by atoms with E-state index in [1.54, 1.807) is 4.90 Å². The molecule has 0 spiro atoms. The van der Waals surface area contributed by atoms with Gasteiger partial charge in [0.15, 0.2) is 0 Å². The quantitative estimate of drug-likeness (QED) is 0.944. The minimum Gasteiger partial charge on any atom is -0.324 e. The summed E-state index contributed by atoms with van der Waals surface area (Å²) in [5.74, 6) is -0.136. The molecule has 3 rings (SSSR count). The lowest BCUT2D eigenvalue weighted by Gasteiger charge is -2.24. The first kappa shape index (κ1) is 15.3. The molecule has 1 unspecified atom stereocenters. The topological polar surface area (TPSA) is 49.4 Å². The number of anilines is 2. The lowest BCUT2D eigenvalue weighted by Crippen LogP contribution is -2.41. The molecule has 0 bridgehead atoms. The van der Waals surface area contributed by atoms with Gasteiger partial charge in [0.05, 0.1) is 0 Å². The summed E-state index contributed by atoms with van der Waals surface area (Å²) in [7, 11) is 0. The lowest BCUT2D eigenvalue weighted by atomic mass is 10.1. The van der Waals surface area contributed by atoms with E-state index in [9.17, 15) is 9.59 Å². The number of hydrogen-bond acceptors (Lipinski definition) is 2. The Morgan fingerprint density at radius 3 is 2.57 bits per heavy atom. The summed E-state index contributed by atoms with van der Waals surface area (Å²) in [5, 5.41) is 2.97. The highest BCUT2D eigenvalue weighted by Crippen LogP contribution is 2.27. The summed E-state index contributed by atoms with van der Waals surface area (Å²) in [6.07, 6.45) is 0.949. The molecule has 1 fully saturated rings. The molecule has 4 nitrogen and oxygen atoms in total. The standard InChI is InChI=1S/C19H20N2O2/c1-13-8-9-16(14(2)12-13)20-19(23)17-10-11-18(22)21(17)15-6-4-3-5-7-15/h3-9,12,17H,10-11H2,1-2H3,(H,20,23). The second-order valence-electron chi connectivity index (χ2n) is 5.96. The van der Waals surface area contributed by atoms with Crippen molar-refractivity contribution in [1.29, 1.82) is 0 Å². The van der Waals surface area contributed by atoms with Crippen molar-refractivity contribution in [3.63, 3.8) is 0 Å². The Morgan fingerprint density at radius 2 is 1.87 bits per heavy atom. The number of nitrogens with one attached hydrogen (secondary N) is 1. The van der Waals surface area contributed by atoms with Gasteiger partial charge in [0.2, 0.25) is 11.8 Å². The summed E-state index contributed by atoms with van der Waals surface area (Å²) >= 11 is 0. The smallest absolute Gasteiger partial charge is 0.247 e. The van der Waals surface area contributed by atoms with Crippen LogP contribution in [0.4, 0.5) is 11.4 Å². The molecule has 1 saturated heterocycles. The van der Waals surface area contributed by atoms with Gasteiger partial charge in [-0.05, 0) is 44.0 Å². The maximum Gasteiger partial charge on any atom is 0.247 e. The molecule has 2 aromatic rings. The second kappa shape index (κ2) is 6.24. The Morgan fingerprint density at radius 1 is 1.13 bits per heavy atom. The minimum absolute atomic E-state index is 0.00280. The SMILES string of the molecule is Cc1ccc(NC(=O)C2CCC(=O)N2c2ccccc2)c(C)c1. The number of amides is 2. The van der Waals surface area contributed by atoms with Gasteiger partial charge in [-0.25, -0.2) is 0 Å². The maximum atomic E-state index is 12.7. The molecule has 1 aliphatic heterocycles. The van der Waals surface area contributed by atoms with Crippen LogP contribution in [0.15, 0.2) is 48.5 Å². The van der Waals surface area contributed by atoms with Crippen LogP contribution in [0, 0.1) is 13.8 Å². The number of rotatable bonds is 3. The number of hydrogen-bond donors (Lipinski definition) is 1. The van der Waals surface area contributed by atoms with Crippen molar-refractivity contribution >= 4 is 23.2 Å². The van der Waals surface area contributed by atoms with Gasteiger partial charge in [-0.15, -0.1) is 0 Å². The van der Waals surface area contributed by atoms with Crippen LogP contribution >= 0.6 is 0 Å². The molecule has 4 heteroatoms. The highest BCUT2D eigenvalue weighted by molar-refractivity contribution is 6.07. The van der Waals surface area contributed by atoms with Gasteiger partial charge in [0, 0.05) is 17.8 Å². The lowest BCUT2D eigenvalue weighted by molar-refractivity contribution is -0.120. The number of benzene rings is 2. The minimum atomic E-state index is -0.453. The van der Waals surface area contributed by atoms with E-state index in [1.165, 1.54) is 0 Å². The van der Waals surface area contributed by atoms with E-state index in [4.69, 9.17) is 0 Å². The summed E-state index contributed by atoms with van der Waals surface area (Å²) in [4.78, 5) is 26.5. The Labute approximate surface area is 136 Å². The van der Waals surface area contributed by atoms with Gasteiger partial charge in [0.1, 0.15) is 6.04 Å². The Hall–Kier alpha value is -2.62. The van der Waals surface area contributed by atoms with Crippen LogP contribution in [0.3, 0.4) is 0 Å². The number of aryl methyl sites for hydroxylation is 2. The van der Waals surface area contributed by atoms with Gasteiger partial charge in [-0.2, -0.15) is 0 Å². The van der Waals surface area contributed by atoms with Crippen molar-refractivity contribution in [3.05, 3.63) is 59.7 Å². The molecule has 1 atom stereocenters. The van der Waals surface area contributed by atoms with E-state index < -0.39 is 6.04 Å². The molecular formula is C19H20N2O2. The molecule has 0 aromatic heterocycles. The zero-order chi connectivity index (χ0) is 16.4. The molecule has 1 N–H and O–H groups in total. The highest BCUT2D eigenvalue weighted by Gasteiger charge is 2.37. The number of carbonyl (C=O) groups is 2. The van der Waals surface area contributed by atoms with E-state index >= 15 is 0 Å². The average Bonchev–Trinajstić information content (AvgIpc) is 2.92. The monoisotopic (exact) mass is 308 g/mol. The van der Waals surface area contributed by atoms with E-state index in [0.717, 1.165) is 22.5 Å². The van der Waals surface area contributed by atoms with E-state index in [1.807, 2.05) is 62.4 Å². The molecular weight excluding hydrogens is 288 g/mol. The van der Waals surface area contributed by atoms with Gasteiger partial charge in [0.25, 0.3) is 0 Å². The summed E-state index contributed by atoms with van der Waals surface area (Å²) in [5.41, 5.74) is 3.75. The van der Waals surface area contributed by atoms with Crippen LogP contribution in [0.1, 0.15) is 24.0 Å². The van der Waals surface area contributed by atoms with Crippen LogP contribution < -0.4 is 10.2 Å². The third kappa shape index (κ3) is 3.11. The first-order valence-corrected chi connectivity index (χ1v) is 7.81. The van der Waals surface area contributed by atoms with Crippen LogP contribution in [0.2, 0.25) is 0 Å². The Bertz CT molecular complexity index is 740. The maximum absolute atomic E-state index is 12.7. The summed E-state index contributed by atoms with van der Waals surface area (Å²) in [6, 6.07) is 14.8. The molecule has 2 amide bonds. The largest absolute Gasteiger partial charge is 0.324 e. The van der Waals surface area contributed by atoms with Crippen molar-refractivity contribution < 1.29 is 9.59 Å². The summed E-state index contributed by atoms with van der Waals surface area (Å²) in [6.45, 7) is 3.99. The van der Waals surface area contributed by atoms with Crippen LogP contribution in [0.25, 0.3) is 0 Å². The van der Waals surface area contributed by atoms with Crippen molar-refractivity contribution in [3.8, 4) is 0 Å². The fraction of sp³-hybridized carbons (Fsp3) is 0.263. The molecule has 1 heterocycles. The van der Waals surface area contributed by atoms with E-state index in [2.05, 4.69) is 5.32 Å². The van der Waals surface area contributed by atoms with Crippen molar-refractivity contribution in [1.82, 2.24) is 0 Å². The van der Waals surface area contributed by atoms with Gasteiger partial charge in [-0.3, -0.25) is 14.5 Å². The molecule has 118 valence electrons. The fourth-order valence-corrected chi connectivity index (χ4v) is 3.01. The summed E-state index contributed by atoms with van der Waals surface area (Å²) < 4.78 is 0. The third-order valence-corrected chi connectivity index (χ3v) is 4.19. The zero-order valence-electron chi connectivity index (χ0n) is 13.4. The zero-order valence-corrected chi connectivity index (χ0v) is 13.4. The van der Waals surface area contributed by atoms with Crippen molar-refractivity contribution in [2.45, 2.75) is 32.7 Å². The molecule has 1 aliphatic rings. The Balaban J connectivity index is 1.82. The molecule has 0 aliphatic carbocycles. The fourth-order valence-electron chi connectivity index (χ4n) is 3.01. The number of nitrogens with zero attached hydrogens (tertiary/aromatic N) is 1. The number of para-hydroxylation sites is 1. The molecule has 0 saturated carbocycles. The van der Waals surface area contributed by atoms with Crippen LogP contribution in [0.5, 0.6) is 0 Å². The van der Waals surface area contributed by atoms with Crippen molar-refractivity contribution in [2.24, 2.45) is 0 Å². The first-order valence-electron chi connectivity index (χ1n) is 7.81. The predicted octanol–water partition coefficient (Wildman–Crippen LogP) is 3.44.